The van der Waals surface area contributed by atoms with Gasteiger partial charge in [0, 0.05) is 27.1 Å². The number of hydrogen-bond donors (Lipinski definition) is 4. The highest BCUT2D eigenvalue weighted by atomic mass is 32.2. The molecule has 0 saturated carbocycles. The number of nitrogens with two attached hydrogens (primary N) is 1. The molecule has 7 nitrogen and oxygen atoms in total. The lowest BCUT2D eigenvalue weighted by Gasteiger charge is -2.15. The molecule has 0 aliphatic rings. The monoisotopic (exact) mass is 435 g/mol. The molecule has 31 heavy (non-hydrogen) atoms. The third-order valence-corrected chi connectivity index (χ3v) is 5.58. The molecule has 0 aliphatic carbocycles. The maximum absolute atomic E-state index is 12.5. The molecule has 3 aromatic rings. The van der Waals surface area contributed by atoms with Crippen LogP contribution in [-0.2, 0) is 4.79 Å². The van der Waals surface area contributed by atoms with Crippen molar-refractivity contribution in [3.63, 3.8) is 0 Å². The molecule has 3 rings (SSSR count). The van der Waals surface area contributed by atoms with Crippen LogP contribution in [0.3, 0.4) is 0 Å². The first-order valence-electron chi connectivity index (χ1n) is 9.42. The topological polar surface area (TPSA) is 122 Å². The summed E-state index contributed by atoms with van der Waals surface area (Å²) in [5.41, 5.74) is 7.44. The minimum Gasteiger partial charge on any atom is -0.481 e. The van der Waals surface area contributed by atoms with Gasteiger partial charge in [-0.25, -0.2) is 4.79 Å². The van der Waals surface area contributed by atoms with E-state index in [2.05, 4.69) is 10.6 Å². The van der Waals surface area contributed by atoms with Crippen LogP contribution in [0.15, 0.2) is 83.8 Å². The lowest BCUT2D eigenvalue weighted by Crippen LogP contribution is -2.19. The van der Waals surface area contributed by atoms with Crippen molar-refractivity contribution in [3.05, 3.63) is 90.0 Å². The van der Waals surface area contributed by atoms with E-state index in [1.165, 1.54) is 17.8 Å². The van der Waals surface area contributed by atoms with E-state index in [0.717, 1.165) is 10.5 Å². The molecular weight excluding hydrogens is 414 g/mol. The van der Waals surface area contributed by atoms with Crippen LogP contribution in [0.5, 0.6) is 0 Å². The van der Waals surface area contributed by atoms with Crippen molar-refractivity contribution in [1.82, 2.24) is 0 Å². The van der Waals surface area contributed by atoms with Gasteiger partial charge in [-0.2, -0.15) is 0 Å². The Balaban J connectivity index is 1.67. The van der Waals surface area contributed by atoms with Crippen molar-refractivity contribution < 1.29 is 19.5 Å². The number of carboxylic acids is 1. The molecule has 0 saturated heterocycles. The third-order valence-electron chi connectivity index (χ3n) is 4.31. The van der Waals surface area contributed by atoms with Gasteiger partial charge in [0.1, 0.15) is 0 Å². The van der Waals surface area contributed by atoms with Gasteiger partial charge in [0.15, 0.2) is 0 Å². The molecule has 158 valence electrons. The van der Waals surface area contributed by atoms with Gasteiger partial charge in [0.25, 0.3) is 5.91 Å². The number of carbonyl (C=O) groups excluding carboxylic acids is 2. The van der Waals surface area contributed by atoms with Crippen molar-refractivity contribution in [3.8, 4) is 0 Å². The summed E-state index contributed by atoms with van der Waals surface area (Å²) in [5, 5.41) is 14.3. The van der Waals surface area contributed by atoms with E-state index in [4.69, 9.17) is 5.73 Å². The molecule has 0 aromatic heterocycles. The number of carboxylic acid groups (broad SMARTS) is 1. The van der Waals surface area contributed by atoms with Crippen molar-refractivity contribution in [2.24, 2.45) is 5.73 Å². The van der Waals surface area contributed by atoms with Crippen LogP contribution in [0.4, 0.5) is 16.2 Å². The number of amides is 3. The average molecular weight is 436 g/mol. The second kappa shape index (κ2) is 10.3. The number of primary amides is 1. The Morgan fingerprint density at radius 1 is 0.871 bits per heavy atom. The number of aliphatic carboxylic acids is 1. The fourth-order valence-corrected chi connectivity index (χ4v) is 4.06. The molecular formula is C23H21N3O4S. The lowest BCUT2D eigenvalue weighted by molar-refractivity contribution is -0.137. The SMILES string of the molecule is NC(=O)Nc1cccc(C(=O)Nc2ccc(SC(CC(=O)O)c3ccccc3)cc2)c1. The molecule has 0 heterocycles. The van der Waals surface area contributed by atoms with Crippen LogP contribution in [0.25, 0.3) is 0 Å². The highest BCUT2D eigenvalue weighted by molar-refractivity contribution is 7.99. The fraction of sp³-hybridized carbons (Fsp3) is 0.0870. The maximum Gasteiger partial charge on any atom is 0.316 e. The number of rotatable bonds is 8. The number of nitrogens with one attached hydrogen (secondary N) is 2. The molecule has 0 fully saturated rings. The van der Waals surface area contributed by atoms with Gasteiger partial charge >= 0.3 is 12.0 Å². The Hall–Kier alpha value is -3.78. The van der Waals surface area contributed by atoms with E-state index in [9.17, 15) is 19.5 Å². The van der Waals surface area contributed by atoms with E-state index < -0.39 is 12.0 Å². The second-order valence-corrected chi connectivity index (χ2v) is 7.94. The summed E-state index contributed by atoms with van der Waals surface area (Å²) in [6, 6.07) is 22.4. The normalized spacial score (nSPS) is 11.4. The number of thioether (sulfide) groups is 1. The van der Waals surface area contributed by atoms with Crippen molar-refractivity contribution >= 4 is 41.0 Å². The van der Waals surface area contributed by atoms with Crippen LogP contribution in [-0.4, -0.2) is 23.0 Å². The van der Waals surface area contributed by atoms with Crippen molar-refractivity contribution in [2.75, 3.05) is 10.6 Å². The summed E-state index contributed by atoms with van der Waals surface area (Å²) in [7, 11) is 0. The van der Waals surface area contributed by atoms with Crippen LogP contribution >= 0.6 is 11.8 Å². The first kappa shape index (κ1) is 21.9. The molecule has 0 bridgehead atoms. The zero-order valence-electron chi connectivity index (χ0n) is 16.4. The molecule has 5 N–H and O–H groups in total. The predicted molar refractivity (Wildman–Crippen MR) is 121 cm³/mol. The number of urea groups is 1. The molecule has 0 aliphatic heterocycles. The van der Waals surface area contributed by atoms with E-state index >= 15 is 0 Å². The van der Waals surface area contributed by atoms with Gasteiger partial charge in [-0.3, -0.25) is 9.59 Å². The highest BCUT2D eigenvalue weighted by Gasteiger charge is 2.17. The van der Waals surface area contributed by atoms with Crippen LogP contribution in [0, 0.1) is 0 Å². The van der Waals surface area contributed by atoms with Gasteiger partial charge in [0.2, 0.25) is 0 Å². The van der Waals surface area contributed by atoms with E-state index in [-0.39, 0.29) is 17.6 Å². The van der Waals surface area contributed by atoms with Crippen LogP contribution in [0.1, 0.15) is 27.6 Å². The summed E-state index contributed by atoms with van der Waals surface area (Å²) < 4.78 is 0. The molecule has 1 unspecified atom stereocenters. The van der Waals surface area contributed by atoms with Crippen LogP contribution < -0.4 is 16.4 Å². The van der Waals surface area contributed by atoms with Crippen LogP contribution in [0.2, 0.25) is 0 Å². The third kappa shape index (κ3) is 6.61. The largest absolute Gasteiger partial charge is 0.481 e. The Morgan fingerprint density at radius 2 is 1.58 bits per heavy atom. The van der Waals surface area contributed by atoms with Gasteiger partial charge in [-0.05, 0) is 48.0 Å². The minimum atomic E-state index is -0.863. The first-order valence-corrected chi connectivity index (χ1v) is 10.3. The minimum absolute atomic E-state index is 0.00282. The van der Waals surface area contributed by atoms with E-state index in [0.29, 0.717) is 16.9 Å². The molecule has 8 heteroatoms. The number of anilines is 2. The summed E-state index contributed by atoms with van der Waals surface area (Å²) in [4.78, 5) is 35.6. The quantitative estimate of drug-likeness (QED) is 0.381. The summed E-state index contributed by atoms with van der Waals surface area (Å²) in [5.74, 6) is -1.19. The molecule has 0 radical (unpaired) electrons. The van der Waals surface area contributed by atoms with Gasteiger partial charge in [-0.1, -0.05) is 36.4 Å². The zero-order valence-corrected chi connectivity index (χ0v) is 17.3. The number of carbonyl (C=O) groups is 3. The standard InChI is InChI=1S/C23H21N3O4S/c24-23(30)26-18-8-4-7-16(13-18)22(29)25-17-9-11-19(12-10-17)31-20(14-21(27)28)15-5-2-1-3-6-15/h1-13,20H,14H2,(H,25,29)(H,27,28)(H3,24,26,30). The second-order valence-electron chi connectivity index (χ2n) is 6.66. The molecule has 3 aromatic carbocycles. The number of hydrogen-bond acceptors (Lipinski definition) is 4. The summed E-state index contributed by atoms with van der Waals surface area (Å²) in [6.45, 7) is 0. The zero-order chi connectivity index (χ0) is 22.2. The van der Waals surface area contributed by atoms with E-state index in [1.54, 1.807) is 30.3 Å². The van der Waals surface area contributed by atoms with E-state index in [1.807, 2.05) is 42.5 Å². The maximum atomic E-state index is 12.5. The van der Waals surface area contributed by atoms with Crippen molar-refractivity contribution in [2.45, 2.75) is 16.6 Å². The van der Waals surface area contributed by atoms with Gasteiger partial charge in [-0.15, -0.1) is 11.8 Å². The number of benzene rings is 3. The Labute approximate surface area is 183 Å². The van der Waals surface area contributed by atoms with Crippen molar-refractivity contribution in [1.29, 1.82) is 0 Å². The Bertz CT molecular complexity index is 1070. The molecule has 0 spiro atoms. The average Bonchev–Trinajstić information content (AvgIpc) is 2.74. The lowest BCUT2D eigenvalue weighted by atomic mass is 10.1. The smallest absolute Gasteiger partial charge is 0.316 e. The predicted octanol–water partition coefficient (Wildman–Crippen LogP) is 4.74. The van der Waals surface area contributed by atoms with Gasteiger partial charge in [0.05, 0.1) is 6.42 Å². The van der Waals surface area contributed by atoms with Gasteiger partial charge < -0.3 is 21.5 Å². The Kier molecular flexibility index (Phi) is 7.29. The fourth-order valence-electron chi connectivity index (χ4n) is 2.92. The first-order chi connectivity index (χ1) is 14.9. The summed E-state index contributed by atoms with van der Waals surface area (Å²) >= 11 is 1.46. The Morgan fingerprint density at radius 3 is 2.23 bits per heavy atom. The summed E-state index contributed by atoms with van der Waals surface area (Å²) in [6.07, 6.45) is 0.00282. The molecule has 3 amide bonds. The highest BCUT2D eigenvalue weighted by Crippen LogP contribution is 2.38. The molecule has 1 atom stereocenters.